The maximum atomic E-state index is 11.5. The second kappa shape index (κ2) is 13.3. The van der Waals surface area contributed by atoms with Crippen LogP contribution in [0, 0.1) is 0 Å². The molecule has 0 bridgehead atoms. The van der Waals surface area contributed by atoms with Crippen molar-refractivity contribution >= 4 is 5.97 Å². The third-order valence-electron chi connectivity index (χ3n) is 2.84. The predicted molar refractivity (Wildman–Crippen MR) is 79.1 cm³/mol. The van der Waals surface area contributed by atoms with Crippen LogP contribution in [0.5, 0.6) is 0 Å². The van der Waals surface area contributed by atoms with E-state index in [9.17, 15) is 4.79 Å². The fourth-order valence-corrected chi connectivity index (χ4v) is 1.67. The summed E-state index contributed by atoms with van der Waals surface area (Å²) in [7, 11) is 0. The zero-order valence-corrected chi connectivity index (χ0v) is 12.2. The summed E-state index contributed by atoms with van der Waals surface area (Å²) >= 11 is 0. The number of hydrogen-bond donors (Lipinski definition) is 0. The van der Waals surface area contributed by atoms with Gasteiger partial charge in [-0.25, -0.2) is 4.79 Å². The third-order valence-corrected chi connectivity index (χ3v) is 2.84. The zero-order valence-electron chi connectivity index (χ0n) is 12.2. The molecule has 0 saturated carbocycles. The molecule has 0 fully saturated rings. The highest BCUT2D eigenvalue weighted by Gasteiger charge is 2.13. The molecule has 0 N–H and O–H groups in total. The quantitative estimate of drug-likeness (QED) is 0.287. The number of rotatable bonds is 13. The predicted octanol–water partition coefficient (Wildman–Crippen LogP) is 4.04. The smallest absolute Gasteiger partial charge is 0.334 e. The topological polar surface area (TPSA) is 35.5 Å². The van der Waals surface area contributed by atoms with Gasteiger partial charge in [0.25, 0.3) is 0 Å². The van der Waals surface area contributed by atoms with Gasteiger partial charge in [-0.1, -0.05) is 37.8 Å². The molecule has 19 heavy (non-hydrogen) atoms. The number of unbranched alkanes of at least 4 members (excludes halogenated alkanes) is 6. The van der Waals surface area contributed by atoms with Crippen LogP contribution in [0.1, 0.15) is 51.9 Å². The Labute approximate surface area is 117 Å². The normalized spacial score (nSPS) is 11.8. The summed E-state index contributed by atoms with van der Waals surface area (Å²) in [4.78, 5) is 11.5. The Morgan fingerprint density at radius 1 is 1.05 bits per heavy atom. The minimum Gasteiger partial charge on any atom is -0.464 e. The molecule has 0 aliphatic carbocycles. The van der Waals surface area contributed by atoms with Crippen LogP contribution in [0.15, 0.2) is 25.3 Å². The molecule has 0 heterocycles. The van der Waals surface area contributed by atoms with Gasteiger partial charge in [-0.15, -0.1) is 13.2 Å². The second-order valence-electron chi connectivity index (χ2n) is 4.63. The Morgan fingerprint density at radius 3 is 2.32 bits per heavy atom. The molecule has 3 heteroatoms. The van der Waals surface area contributed by atoms with Crippen molar-refractivity contribution in [1.82, 2.24) is 0 Å². The molecule has 0 aliphatic rings. The average Bonchev–Trinajstić information content (AvgIpc) is 2.42. The largest absolute Gasteiger partial charge is 0.464 e. The van der Waals surface area contributed by atoms with Crippen molar-refractivity contribution in [3.63, 3.8) is 0 Å². The van der Waals surface area contributed by atoms with Gasteiger partial charge in [-0.2, -0.15) is 0 Å². The molecule has 0 radical (unpaired) electrons. The van der Waals surface area contributed by atoms with E-state index in [-0.39, 0.29) is 5.97 Å². The SMILES string of the molecule is C=CCCCCCCCCOC(=O)[C@@H](C)OCC=C. The van der Waals surface area contributed by atoms with E-state index in [0.29, 0.717) is 13.2 Å². The molecular formula is C16H28O3. The van der Waals surface area contributed by atoms with E-state index in [1.165, 1.54) is 25.7 Å². The summed E-state index contributed by atoms with van der Waals surface area (Å²) in [5, 5.41) is 0. The van der Waals surface area contributed by atoms with Crippen LogP contribution >= 0.6 is 0 Å². The van der Waals surface area contributed by atoms with Gasteiger partial charge in [-0.3, -0.25) is 0 Å². The van der Waals surface area contributed by atoms with E-state index in [1.54, 1.807) is 13.0 Å². The lowest BCUT2D eigenvalue weighted by Crippen LogP contribution is -2.23. The first kappa shape index (κ1) is 17.9. The van der Waals surface area contributed by atoms with Crippen molar-refractivity contribution in [2.24, 2.45) is 0 Å². The molecule has 3 nitrogen and oxygen atoms in total. The summed E-state index contributed by atoms with van der Waals surface area (Å²) in [6.07, 6.45) is 11.2. The number of ether oxygens (including phenoxy) is 2. The first-order valence-electron chi connectivity index (χ1n) is 7.22. The van der Waals surface area contributed by atoms with Crippen molar-refractivity contribution in [2.45, 2.75) is 58.0 Å². The fourth-order valence-electron chi connectivity index (χ4n) is 1.67. The summed E-state index contributed by atoms with van der Waals surface area (Å²) in [5.41, 5.74) is 0. The number of carbonyl (C=O) groups is 1. The van der Waals surface area contributed by atoms with Gasteiger partial charge >= 0.3 is 5.97 Å². The Morgan fingerprint density at radius 2 is 1.68 bits per heavy atom. The van der Waals surface area contributed by atoms with Gasteiger partial charge in [0.05, 0.1) is 13.2 Å². The Balaban J connectivity index is 3.31. The first-order valence-corrected chi connectivity index (χ1v) is 7.22. The lowest BCUT2D eigenvalue weighted by Gasteiger charge is -2.11. The van der Waals surface area contributed by atoms with E-state index < -0.39 is 6.10 Å². The highest BCUT2D eigenvalue weighted by atomic mass is 16.6. The van der Waals surface area contributed by atoms with E-state index in [0.717, 1.165) is 19.3 Å². The second-order valence-corrected chi connectivity index (χ2v) is 4.63. The molecule has 0 aromatic carbocycles. The van der Waals surface area contributed by atoms with Gasteiger partial charge in [0.1, 0.15) is 0 Å². The average molecular weight is 268 g/mol. The third kappa shape index (κ3) is 11.7. The summed E-state index contributed by atoms with van der Waals surface area (Å²) in [6.45, 7) is 9.81. The molecule has 0 amide bonds. The summed E-state index contributed by atoms with van der Waals surface area (Å²) in [6, 6.07) is 0. The molecule has 1 atom stereocenters. The van der Waals surface area contributed by atoms with E-state index in [4.69, 9.17) is 9.47 Å². The molecular weight excluding hydrogens is 240 g/mol. The van der Waals surface area contributed by atoms with E-state index >= 15 is 0 Å². The maximum absolute atomic E-state index is 11.5. The number of allylic oxidation sites excluding steroid dienone is 1. The Kier molecular flexibility index (Phi) is 12.6. The van der Waals surface area contributed by atoms with Crippen LogP contribution in [-0.4, -0.2) is 25.3 Å². The van der Waals surface area contributed by atoms with E-state index in [1.807, 2.05) is 6.08 Å². The molecule has 0 spiro atoms. The highest BCUT2D eigenvalue weighted by Crippen LogP contribution is 2.07. The van der Waals surface area contributed by atoms with Gasteiger partial charge in [-0.05, 0) is 26.2 Å². The van der Waals surface area contributed by atoms with Gasteiger partial charge < -0.3 is 9.47 Å². The van der Waals surface area contributed by atoms with Crippen molar-refractivity contribution in [3.8, 4) is 0 Å². The van der Waals surface area contributed by atoms with Crippen LogP contribution in [0.4, 0.5) is 0 Å². The Bertz CT molecular complexity index is 248. The first-order chi connectivity index (χ1) is 9.22. The monoisotopic (exact) mass is 268 g/mol. The number of esters is 1. The molecule has 0 aliphatic heterocycles. The molecule has 0 saturated heterocycles. The standard InChI is InChI=1S/C16H28O3/c1-4-6-7-8-9-10-11-12-14-19-16(17)15(3)18-13-5-2/h4-5,15H,1-2,6-14H2,3H3/t15-/m1/s1. The van der Waals surface area contributed by atoms with Crippen LogP contribution in [0.25, 0.3) is 0 Å². The lowest BCUT2D eigenvalue weighted by molar-refractivity contribution is -0.155. The van der Waals surface area contributed by atoms with Crippen LogP contribution in [0.3, 0.4) is 0 Å². The van der Waals surface area contributed by atoms with Crippen LogP contribution in [-0.2, 0) is 14.3 Å². The minimum atomic E-state index is -0.503. The maximum Gasteiger partial charge on any atom is 0.334 e. The number of carbonyl (C=O) groups excluding carboxylic acids is 1. The molecule has 0 rings (SSSR count). The molecule has 110 valence electrons. The zero-order chi connectivity index (χ0) is 14.3. The van der Waals surface area contributed by atoms with Gasteiger partial charge in [0, 0.05) is 0 Å². The van der Waals surface area contributed by atoms with Crippen molar-refractivity contribution in [1.29, 1.82) is 0 Å². The highest BCUT2D eigenvalue weighted by molar-refractivity contribution is 5.74. The molecule has 0 unspecified atom stereocenters. The van der Waals surface area contributed by atoms with Crippen LogP contribution < -0.4 is 0 Å². The number of hydrogen-bond acceptors (Lipinski definition) is 3. The molecule has 0 aromatic rings. The Hall–Kier alpha value is -1.09. The lowest BCUT2D eigenvalue weighted by atomic mass is 10.1. The van der Waals surface area contributed by atoms with Gasteiger partial charge in [0.2, 0.25) is 0 Å². The summed E-state index contributed by atoms with van der Waals surface area (Å²) in [5.74, 6) is -0.284. The summed E-state index contributed by atoms with van der Waals surface area (Å²) < 4.78 is 10.3. The van der Waals surface area contributed by atoms with E-state index in [2.05, 4.69) is 13.2 Å². The molecule has 0 aromatic heterocycles. The van der Waals surface area contributed by atoms with Crippen molar-refractivity contribution in [2.75, 3.05) is 13.2 Å². The van der Waals surface area contributed by atoms with Gasteiger partial charge in [0.15, 0.2) is 6.10 Å². The van der Waals surface area contributed by atoms with Crippen molar-refractivity contribution < 1.29 is 14.3 Å². The van der Waals surface area contributed by atoms with Crippen molar-refractivity contribution in [3.05, 3.63) is 25.3 Å². The fraction of sp³-hybridized carbons (Fsp3) is 0.688. The van der Waals surface area contributed by atoms with Crippen LogP contribution in [0.2, 0.25) is 0 Å². The minimum absolute atomic E-state index is 0.284.